The van der Waals surface area contributed by atoms with Crippen LogP contribution in [0, 0.1) is 66.3 Å². The number of hydrogen-bond acceptors (Lipinski definition) is 23. The van der Waals surface area contributed by atoms with E-state index in [9.17, 15) is 53.8 Å². The number of nitrogens with two attached hydrogens (primary N) is 2. The Morgan fingerprint density at radius 2 is 0.824 bits per heavy atom. The van der Waals surface area contributed by atoms with E-state index in [-0.39, 0.29) is 52.4 Å². The third kappa shape index (κ3) is 25.4. The Balaban J connectivity index is 0.000000242. The predicted octanol–water partition coefficient (Wildman–Crippen LogP) is 20.7. The zero-order chi connectivity index (χ0) is 95.1. The zero-order valence-corrected chi connectivity index (χ0v) is 84.9. The number of nitrogens with one attached hydrogen (secondary N) is 5. The van der Waals surface area contributed by atoms with E-state index in [0.29, 0.717) is 80.3 Å². The van der Waals surface area contributed by atoms with Gasteiger partial charge in [0.25, 0.3) is 11.4 Å². The topological polar surface area (TPSA) is 426 Å². The van der Waals surface area contributed by atoms with Crippen molar-refractivity contribution in [1.82, 2.24) is 19.5 Å². The molecule has 0 saturated carbocycles. The second-order valence-corrected chi connectivity index (χ2v) is 43.8. The molecule has 1 aliphatic heterocycles. The van der Waals surface area contributed by atoms with Gasteiger partial charge in [-0.3, -0.25) is 29.8 Å². The van der Waals surface area contributed by atoms with Gasteiger partial charge in [-0.1, -0.05) is 25.6 Å². The van der Waals surface area contributed by atoms with Crippen molar-refractivity contribution in [2.75, 3.05) is 63.5 Å². The van der Waals surface area contributed by atoms with E-state index < -0.39 is 106 Å². The molecule has 38 heteroatoms. The Morgan fingerprint density at radius 3 is 1.19 bits per heavy atom. The number of nitro groups is 2. The molecule has 2 amide bonds. The first-order valence-corrected chi connectivity index (χ1v) is 46.9. The number of carbonyl (C=O) groups is 7. The number of aromatic amines is 3. The van der Waals surface area contributed by atoms with Crippen molar-refractivity contribution in [3.63, 3.8) is 0 Å². The zero-order valence-electron chi connectivity index (χ0n) is 75.3. The lowest BCUT2D eigenvalue weighted by Gasteiger charge is -2.29. The first kappa shape index (κ1) is 105. The summed E-state index contributed by atoms with van der Waals surface area (Å²) in [6.45, 7) is 42.8. The van der Waals surface area contributed by atoms with Crippen LogP contribution in [0.5, 0.6) is 0 Å². The molecular formula is C87H110Br5ClN10O21Si. The second kappa shape index (κ2) is 42.0. The van der Waals surface area contributed by atoms with Gasteiger partial charge in [-0.05, 0) is 259 Å². The number of nitrogens with zero attached hydrogens (tertiary/aromatic N) is 3. The predicted molar refractivity (Wildman–Crippen MR) is 504 cm³/mol. The summed E-state index contributed by atoms with van der Waals surface area (Å²) < 4.78 is 59.5. The third-order valence-electron chi connectivity index (χ3n) is 18.6. The van der Waals surface area contributed by atoms with Gasteiger partial charge < -0.3 is 89.0 Å². The third-order valence-corrected chi connectivity index (χ3v) is 23.9. The van der Waals surface area contributed by atoms with Crippen molar-refractivity contribution in [3.05, 3.63) is 153 Å². The number of nitro benzene ring substituents is 2. The monoisotopic (exact) mass is 2090 g/mol. The number of halogens is 6. The number of fused-ring (bicyclic) bond motifs is 3. The average molecular weight is 2090 g/mol. The number of hydrogen-bond donors (Lipinski definition) is 7. The van der Waals surface area contributed by atoms with E-state index in [0.717, 1.165) is 52.8 Å². The fraction of sp³-hybridized carbons (Fsp3) is 0.460. The lowest BCUT2D eigenvalue weighted by molar-refractivity contribution is -0.384. The van der Waals surface area contributed by atoms with Gasteiger partial charge >= 0.3 is 29.8 Å². The molecule has 5 atom stereocenters. The van der Waals surface area contributed by atoms with Gasteiger partial charge in [0.1, 0.15) is 31.7 Å². The summed E-state index contributed by atoms with van der Waals surface area (Å²) >= 11 is 23.4. The molecule has 5 heterocycles. The van der Waals surface area contributed by atoms with Crippen LogP contribution in [0.25, 0.3) is 43.6 Å². The smallest absolute Gasteiger partial charge is 0.339 e. The Hall–Kier alpha value is -8.78. The Morgan fingerprint density at radius 1 is 0.496 bits per heavy atom. The lowest BCUT2D eigenvalue weighted by atomic mass is 9.96. The summed E-state index contributed by atoms with van der Waals surface area (Å²) in [6.07, 6.45) is 2.10. The molecule has 9 N–H and O–H groups in total. The molecule has 9 aromatic rings. The Labute approximate surface area is 774 Å². The highest BCUT2D eigenvalue weighted by Crippen LogP contribution is 2.49. The first-order valence-electron chi connectivity index (χ1n) is 38.9. The van der Waals surface area contributed by atoms with Crippen LogP contribution in [-0.2, 0) is 87.5 Å². The number of rotatable bonds is 19. The minimum absolute atomic E-state index is 0.0387. The highest BCUT2D eigenvalue weighted by atomic mass is 79.9. The summed E-state index contributed by atoms with van der Waals surface area (Å²) in [5.74, 6) is -0.349. The van der Waals surface area contributed by atoms with Crippen molar-refractivity contribution >= 4 is 219 Å². The van der Waals surface area contributed by atoms with Crippen LogP contribution in [0.1, 0.15) is 196 Å². The number of benzene rings is 5. The van der Waals surface area contributed by atoms with Gasteiger partial charge in [-0.2, -0.15) is 0 Å². The number of H-pyrrole nitrogens is 3. The number of aromatic nitrogens is 4. The molecule has 0 bridgehead atoms. The molecule has 680 valence electrons. The van der Waals surface area contributed by atoms with Crippen molar-refractivity contribution in [2.45, 2.75) is 223 Å². The van der Waals surface area contributed by atoms with Gasteiger partial charge in [-0.15, -0.1) is 17.1 Å². The number of carbonyl (C=O) groups excluding carboxylic acids is 7. The van der Waals surface area contributed by atoms with E-state index >= 15 is 0 Å². The summed E-state index contributed by atoms with van der Waals surface area (Å²) in [6, 6.07) is 7.40. The molecule has 0 saturated heterocycles. The first-order chi connectivity index (χ1) is 57.6. The molecule has 31 nitrogen and oxygen atoms in total. The molecule has 10 rings (SSSR count). The summed E-state index contributed by atoms with van der Waals surface area (Å²) in [7, 11) is 4.71. The largest absolute Gasteiger partial charge is 0.467 e. The fourth-order valence-corrected chi connectivity index (χ4v) is 18.1. The second-order valence-electron chi connectivity index (χ2n) is 34.8. The quantitative estimate of drug-likeness (QED) is 0.00578. The Bertz CT molecular complexity index is 5710. The van der Waals surface area contributed by atoms with Gasteiger partial charge in [0.15, 0.2) is 30.5 Å². The van der Waals surface area contributed by atoms with Crippen LogP contribution in [0.3, 0.4) is 0 Å². The van der Waals surface area contributed by atoms with E-state index in [1.54, 1.807) is 66.9 Å². The molecule has 0 unspecified atom stereocenters. The minimum Gasteiger partial charge on any atom is -0.467 e. The lowest BCUT2D eigenvalue weighted by Crippen LogP contribution is -2.30. The highest BCUT2D eigenvalue weighted by Gasteiger charge is 2.42. The highest BCUT2D eigenvalue weighted by molar-refractivity contribution is 9.11. The summed E-state index contributed by atoms with van der Waals surface area (Å²) in [5.41, 5.74) is 22.6. The van der Waals surface area contributed by atoms with Crippen molar-refractivity contribution in [2.24, 2.45) is 0 Å². The maximum Gasteiger partial charge on any atom is 0.339 e. The maximum absolute atomic E-state index is 12.5. The van der Waals surface area contributed by atoms with Crippen molar-refractivity contribution in [1.29, 1.82) is 0 Å². The standard InChI is InChI=1S/C19H27BrN2O5Si.C18H22BrClN2O4.C18H21BrN2O4.C16H19BrN2O5.C16H21BrN2O3/c1-11-13(17(18(23)26-5)27-19(2,3)4)14(20)12(9-10-28(6,7)8)15(21)16(11)22(24)25;1-9-12(16(17(24)25-5)26-18(2,3)4)13(19)10-6-7-21-15(10)14(9)22-11(23)8-20;1-9-12(16(17(23)24-5)25-18(2,3)4)13(19)10-6-7-21-8-11(22)20-14(9)15(10)21;1-8-10(14(15(20)23-5)24-16(2,3)4)11(17)9-6-7-18-12(9)13(8)19(21)22;1-8-10(14(15(20)21-5)22-16(2,3)4)11(17)9-6-7-19-13(9)12(8)18/h17H,21H2,1-8H3;6-7,16,21H,8H2,1-5H3,(H,22,23);6-7,16H,8H2,1-5H3,(H,20,22);6-7,14,18H,1-5H3;6-7,14,19H,18H2,1-5H3/t17-;2*16-;2*14-/m00000/s1. The van der Waals surface area contributed by atoms with Crippen molar-refractivity contribution in [3.8, 4) is 11.5 Å². The van der Waals surface area contributed by atoms with E-state index in [4.69, 9.17) is 70.4 Å². The number of anilines is 4. The van der Waals surface area contributed by atoms with Gasteiger partial charge in [0.05, 0.1) is 113 Å². The number of alkyl halides is 1. The van der Waals surface area contributed by atoms with Crippen LogP contribution in [-0.4, -0.2) is 149 Å². The number of ether oxygens (including phenoxy) is 10. The fourth-order valence-electron chi connectivity index (χ4n) is 13.4. The summed E-state index contributed by atoms with van der Waals surface area (Å²) in [5, 5.41) is 32.2. The van der Waals surface area contributed by atoms with Crippen LogP contribution in [0.2, 0.25) is 19.6 Å². The van der Waals surface area contributed by atoms with E-state index in [2.05, 4.69) is 117 Å². The minimum atomic E-state index is -1.79. The molecule has 125 heavy (non-hydrogen) atoms. The number of esters is 5. The van der Waals surface area contributed by atoms with E-state index in [1.165, 1.54) is 42.5 Å². The number of amides is 2. The van der Waals surface area contributed by atoms with Gasteiger partial charge in [-0.25, -0.2) is 24.0 Å². The average Bonchev–Trinajstić information content (AvgIpc) is 1.61. The maximum atomic E-state index is 12.5. The van der Waals surface area contributed by atoms with Crippen molar-refractivity contribution < 1.29 is 90.8 Å². The van der Waals surface area contributed by atoms with Gasteiger partial charge in [0.2, 0.25) is 11.8 Å². The molecule has 5 aromatic carbocycles. The molecule has 0 spiro atoms. The molecule has 4 aromatic heterocycles. The molecule has 0 aliphatic carbocycles. The SMILES string of the molecule is COC(=O)[C@@H](OC(C)(C)C)c1c(C)c(N)c2[nH]ccc2c1Br.COC(=O)[C@@H](OC(C)(C)C)c1c(C)c(NC(=O)CCl)c2[nH]ccc2c1Br.COC(=O)[C@@H](OC(C)(C)C)c1c(C)c([N+](=O)[O-])c(N)c(C#C[Si](C)(C)C)c1Br.COC(=O)[C@@H](OC(C)(C)C)c1c(C)c([N+](=O)[O-])c2[nH]ccc2c1Br.COC(=O)[C@@H](OC(C)(C)C)c1c(C)c2c3c(ccn3CC(=O)N2)c1Br. The van der Waals surface area contributed by atoms with Crippen LogP contribution in [0.4, 0.5) is 34.1 Å². The van der Waals surface area contributed by atoms with E-state index in [1.807, 2.05) is 138 Å². The Kier molecular flexibility index (Phi) is 35.3. The van der Waals surface area contributed by atoms with Crippen LogP contribution < -0.4 is 22.1 Å². The van der Waals surface area contributed by atoms with Gasteiger partial charge in [0, 0.05) is 108 Å². The summed E-state index contributed by atoms with van der Waals surface area (Å²) in [4.78, 5) is 117. The molecule has 1 aliphatic rings. The molecule has 0 fully saturated rings. The number of nitrogen functional groups attached to an aromatic ring is 2. The number of methoxy groups -OCH3 is 5. The normalized spacial score (nSPS) is 13.4. The van der Waals surface area contributed by atoms with Crippen LogP contribution >= 0.6 is 91.3 Å². The van der Waals surface area contributed by atoms with Crippen LogP contribution in [0.15, 0.2) is 71.4 Å². The molecule has 0 radical (unpaired) electrons. The molecular weight excluding hydrogens is 1980 g/mol.